The molecule has 0 aliphatic carbocycles. The van der Waals surface area contributed by atoms with Gasteiger partial charge in [0.2, 0.25) is 0 Å². The number of ether oxygens (including phenoxy) is 1. The predicted octanol–water partition coefficient (Wildman–Crippen LogP) is 1.04. The van der Waals surface area contributed by atoms with E-state index in [0.29, 0.717) is 0 Å². The van der Waals surface area contributed by atoms with Crippen LogP contribution in [0.25, 0.3) is 0 Å². The van der Waals surface area contributed by atoms with Crippen molar-refractivity contribution in [2.75, 3.05) is 20.2 Å². The molecule has 1 saturated heterocycles. The van der Waals surface area contributed by atoms with Gasteiger partial charge in [0.05, 0.1) is 11.3 Å². The van der Waals surface area contributed by atoms with E-state index in [-0.39, 0.29) is 5.60 Å². The second kappa shape index (κ2) is 4.55. The van der Waals surface area contributed by atoms with E-state index >= 15 is 0 Å². The molecule has 4 heteroatoms. The molecular weight excluding hydrogens is 202 g/mol. The first-order valence-corrected chi connectivity index (χ1v) is 5.90. The third kappa shape index (κ3) is 2.28. The molecule has 1 aromatic rings. The van der Waals surface area contributed by atoms with E-state index in [1.807, 2.05) is 18.8 Å². The van der Waals surface area contributed by atoms with Crippen LogP contribution in [0.3, 0.4) is 0 Å². The number of piperidine rings is 1. The molecule has 2 heterocycles. The third-order valence-electron chi connectivity index (χ3n) is 3.58. The lowest BCUT2D eigenvalue weighted by atomic mass is 9.86. The molecule has 0 spiro atoms. The van der Waals surface area contributed by atoms with Gasteiger partial charge in [-0.2, -0.15) is 5.10 Å². The Bertz CT molecular complexity index is 353. The Morgan fingerprint density at radius 1 is 1.50 bits per heavy atom. The molecule has 90 valence electrons. The molecule has 0 radical (unpaired) electrons. The summed E-state index contributed by atoms with van der Waals surface area (Å²) in [5.41, 5.74) is 2.45. The summed E-state index contributed by atoms with van der Waals surface area (Å²) in [6.45, 7) is 4.17. The number of methoxy groups -OCH3 is 1. The summed E-state index contributed by atoms with van der Waals surface area (Å²) in [7, 11) is 3.80. The average molecular weight is 223 g/mol. The van der Waals surface area contributed by atoms with Gasteiger partial charge < -0.3 is 10.1 Å². The van der Waals surface area contributed by atoms with Gasteiger partial charge in [-0.25, -0.2) is 0 Å². The van der Waals surface area contributed by atoms with E-state index in [9.17, 15) is 0 Å². The van der Waals surface area contributed by atoms with Crippen LogP contribution >= 0.6 is 0 Å². The molecule has 0 unspecified atom stereocenters. The van der Waals surface area contributed by atoms with Gasteiger partial charge in [-0.05, 0) is 38.4 Å². The number of nitrogens with one attached hydrogen (secondary N) is 1. The highest BCUT2D eigenvalue weighted by atomic mass is 16.5. The second-order valence-electron chi connectivity index (χ2n) is 4.73. The number of aryl methyl sites for hydroxylation is 2. The standard InChI is InChI=1S/C12H21N3O/c1-10-11(9-15(2)14-10)8-12(16-3)4-6-13-7-5-12/h9,13H,4-8H2,1-3H3. The van der Waals surface area contributed by atoms with E-state index in [0.717, 1.165) is 38.0 Å². The zero-order valence-electron chi connectivity index (χ0n) is 10.4. The highest BCUT2D eigenvalue weighted by Gasteiger charge is 2.32. The summed E-state index contributed by atoms with van der Waals surface area (Å²) in [5.74, 6) is 0. The molecule has 0 aromatic carbocycles. The first kappa shape index (κ1) is 11.6. The first-order chi connectivity index (χ1) is 7.65. The fourth-order valence-electron chi connectivity index (χ4n) is 2.50. The topological polar surface area (TPSA) is 39.1 Å². The van der Waals surface area contributed by atoms with Crippen molar-refractivity contribution in [2.45, 2.75) is 31.8 Å². The van der Waals surface area contributed by atoms with Gasteiger partial charge in [-0.3, -0.25) is 4.68 Å². The van der Waals surface area contributed by atoms with Crippen LogP contribution in [-0.2, 0) is 18.2 Å². The van der Waals surface area contributed by atoms with Crippen LogP contribution < -0.4 is 5.32 Å². The van der Waals surface area contributed by atoms with E-state index in [4.69, 9.17) is 4.74 Å². The smallest absolute Gasteiger partial charge is 0.0744 e. The monoisotopic (exact) mass is 223 g/mol. The number of hydrogen-bond acceptors (Lipinski definition) is 3. The maximum atomic E-state index is 5.77. The fourth-order valence-corrected chi connectivity index (χ4v) is 2.50. The highest BCUT2D eigenvalue weighted by molar-refractivity contribution is 5.18. The number of rotatable bonds is 3. The molecule has 1 aliphatic rings. The normalized spacial score (nSPS) is 19.9. The van der Waals surface area contributed by atoms with Gasteiger partial charge in [0.15, 0.2) is 0 Å². The minimum absolute atomic E-state index is 0.0129. The largest absolute Gasteiger partial charge is 0.378 e. The molecule has 16 heavy (non-hydrogen) atoms. The Morgan fingerprint density at radius 2 is 2.19 bits per heavy atom. The Labute approximate surface area is 97.0 Å². The molecule has 1 N–H and O–H groups in total. The van der Waals surface area contributed by atoms with Crippen LogP contribution in [-0.4, -0.2) is 35.6 Å². The summed E-state index contributed by atoms with van der Waals surface area (Å²) >= 11 is 0. The zero-order chi connectivity index (χ0) is 11.6. The lowest BCUT2D eigenvalue weighted by Crippen LogP contribution is -2.45. The van der Waals surface area contributed by atoms with E-state index in [1.54, 1.807) is 0 Å². The van der Waals surface area contributed by atoms with Gasteiger partial charge in [-0.15, -0.1) is 0 Å². The molecule has 1 aromatic heterocycles. The maximum Gasteiger partial charge on any atom is 0.0744 e. The Balaban J connectivity index is 2.14. The lowest BCUT2D eigenvalue weighted by Gasteiger charge is -2.36. The highest BCUT2D eigenvalue weighted by Crippen LogP contribution is 2.27. The number of nitrogens with zero attached hydrogens (tertiary/aromatic N) is 2. The molecule has 0 bridgehead atoms. The van der Waals surface area contributed by atoms with Crippen molar-refractivity contribution < 1.29 is 4.74 Å². The third-order valence-corrected chi connectivity index (χ3v) is 3.58. The van der Waals surface area contributed by atoms with Crippen LogP contribution in [0.1, 0.15) is 24.1 Å². The zero-order valence-corrected chi connectivity index (χ0v) is 10.4. The quantitative estimate of drug-likeness (QED) is 0.832. The van der Waals surface area contributed by atoms with Gasteiger partial charge in [0, 0.05) is 26.8 Å². The van der Waals surface area contributed by atoms with E-state index in [1.165, 1.54) is 5.56 Å². The SMILES string of the molecule is COC1(Cc2cn(C)nc2C)CCNCC1. The van der Waals surface area contributed by atoms with Crippen molar-refractivity contribution in [2.24, 2.45) is 7.05 Å². The lowest BCUT2D eigenvalue weighted by molar-refractivity contribution is -0.0334. The minimum atomic E-state index is 0.0129. The molecule has 0 atom stereocenters. The molecule has 4 nitrogen and oxygen atoms in total. The molecule has 0 amide bonds. The molecule has 2 rings (SSSR count). The summed E-state index contributed by atoms with van der Waals surface area (Å²) < 4.78 is 7.65. The van der Waals surface area contributed by atoms with Crippen LogP contribution in [0.4, 0.5) is 0 Å². The van der Waals surface area contributed by atoms with Crippen LogP contribution in [0.15, 0.2) is 6.20 Å². The second-order valence-corrected chi connectivity index (χ2v) is 4.73. The van der Waals surface area contributed by atoms with Crippen molar-refractivity contribution >= 4 is 0 Å². The molecule has 1 aliphatic heterocycles. The van der Waals surface area contributed by atoms with Crippen molar-refractivity contribution in [3.63, 3.8) is 0 Å². The van der Waals surface area contributed by atoms with Crippen LogP contribution in [0.2, 0.25) is 0 Å². The van der Waals surface area contributed by atoms with Crippen molar-refractivity contribution in [3.8, 4) is 0 Å². The van der Waals surface area contributed by atoms with Crippen molar-refractivity contribution in [1.29, 1.82) is 0 Å². The predicted molar refractivity (Wildman–Crippen MR) is 63.5 cm³/mol. The Morgan fingerprint density at radius 3 is 2.69 bits per heavy atom. The Kier molecular flexibility index (Phi) is 3.30. The van der Waals surface area contributed by atoms with Gasteiger partial charge in [0.1, 0.15) is 0 Å². The minimum Gasteiger partial charge on any atom is -0.378 e. The summed E-state index contributed by atoms with van der Waals surface area (Å²) in [4.78, 5) is 0. The maximum absolute atomic E-state index is 5.77. The van der Waals surface area contributed by atoms with Gasteiger partial charge in [0.25, 0.3) is 0 Å². The summed E-state index contributed by atoms with van der Waals surface area (Å²) in [6.07, 6.45) is 5.25. The van der Waals surface area contributed by atoms with Crippen LogP contribution in [0, 0.1) is 6.92 Å². The van der Waals surface area contributed by atoms with Crippen molar-refractivity contribution in [1.82, 2.24) is 15.1 Å². The molecule has 1 fully saturated rings. The average Bonchev–Trinajstić information content (AvgIpc) is 2.59. The first-order valence-electron chi connectivity index (χ1n) is 5.90. The Hall–Kier alpha value is -0.870. The van der Waals surface area contributed by atoms with Gasteiger partial charge in [-0.1, -0.05) is 0 Å². The number of hydrogen-bond donors (Lipinski definition) is 1. The van der Waals surface area contributed by atoms with Crippen LogP contribution in [0.5, 0.6) is 0 Å². The van der Waals surface area contributed by atoms with Gasteiger partial charge >= 0.3 is 0 Å². The molecule has 0 saturated carbocycles. The summed E-state index contributed by atoms with van der Waals surface area (Å²) in [5, 5.41) is 7.77. The number of aromatic nitrogens is 2. The van der Waals surface area contributed by atoms with E-state index in [2.05, 4.69) is 23.5 Å². The summed E-state index contributed by atoms with van der Waals surface area (Å²) in [6, 6.07) is 0. The molecular formula is C12H21N3O. The fraction of sp³-hybridized carbons (Fsp3) is 0.750. The van der Waals surface area contributed by atoms with E-state index < -0.39 is 0 Å². The van der Waals surface area contributed by atoms with Crippen molar-refractivity contribution in [3.05, 3.63) is 17.5 Å².